The topological polar surface area (TPSA) is 22.1 Å². The predicted molar refractivity (Wildman–Crippen MR) is 89.0 cm³/mol. The van der Waals surface area contributed by atoms with Crippen LogP contribution >= 0.6 is 0 Å². The molecule has 118 valence electrons. The van der Waals surface area contributed by atoms with Crippen molar-refractivity contribution in [3.63, 3.8) is 0 Å². The van der Waals surface area contributed by atoms with Crippen molar-refractivity contribution >= 4 is 0 Å². The minimum absolute atomic E-state index is 0.0842. The maximum Gasteiger partial charge on any atom is 0.213 e. The van der Waals surface area contributed by atoms with E-state index < -0.39 is 0 Å². The number of halogens is 1. The first kappa shape index (κ1) is 16.5. The molecule has 0 radical (unpaired) electrons. The fourth-order valence-corrected chi connectivity index (χ4v) is 2.84. The van der Waals surface area contributed by atoms with Crippen molar-refractivity contribution in [1.29, 1.82) is 0 Å². The molecule has 0 N–H and O–H groups in total. The summed E-state index contributed by atoms with van der Waals surface area (Å²) >= 11 is 0. The Morgan fingerprint density at radius 1 is 1.14 bits per heavy atom. The zero-order valence-electron chi connectivity index (χ0n) is 14.2. The lowest BCUT2D eigenvalue weighted by Gasteiger charge is -2.28. The van der Waals surface area contributed by atoms with Crippen molar-refractivity contribution < 1.29 is 9.13 Å². The van der Waals surface area contributed by atoms with Gasteiger partial charge in [-0.05, 0) is 51.8 Å². The van der Waals surface area contributed by atoms with E-state index in [1.807, 2.05) is 12.1 Å². The zero-order valence-corrected chi connectivity index (χ0v) is 14.2. The van der Waals surface area contributed by atoms with E-state index in [0.29, 0.717) is 5.88 Å². The number of pyridine rings is 1. The lowest BCUT2D eigenvalue weighted by atomic mass is 9.76. The van der Waals surface area contributed by atoms with Gasteiger partial charge >= 0.3 is 0 Å². The largest absolute Gasteiger partial charge is 0.481 e. The van der Waals surface area contributed by atoms with Gasteiger partial charge in [0.1, 0.15) is 5.82 Å². The number of hydrogen-bond donors (Lipinski definition) is 0. The Kier molecular flexibility index (Phi) is 4.55. The smallest absolute Gasteiger partial charge is 0.213 e. The van der Waals surface area contributed by atoms with Gasteiger partial charge in [0.15, 0.2) is 0 Å². The molecule has 0 aliphatic carbocycles. The normalized spacial score (nSPS) is 11.8. The molecule has 0 bridgehead atoms. The second kappa shape index (κ2) is 6.07. The maximum absolute atomic E-state index is 14.2. The van der Waals surface area contributed by atoms with Crippen LogP contribution in [0.1, 0.15) is 51.7 Å². The predicted octanol–water partition coefficient (Wildman–Crippen LogP) is 5.32. The summed E-state index contributed by atoms with van der Waals surface area (Å²) in [6, 6.07) is 7.03. The number of aromatic nitrogens is 1. The van der Waals surface area contributed by atoms with E-state index in [1.54, 1.807) is 25.4 Å². The number of ether oxygens (including phenoxy) is 1. The first-order chi connectivity index (χ1) is 10.2. The van der Waals surface area contributed by atoms with Gasteiger partial charge in [0, 0.05) is 12.3 Å². The van der Waals surface area contributed by atoms with E-state index >= 15 is 0 Å². The fraction of sp³-hybridized carbons (Fsp3) is 0.421. The van der Waals surface area contributed by atoms with Crippen LogP contribution in [0.4, 0.5) is 4.39 Å². The molecule has 0 saturated heterocycles. The van der Waals surface area contributed by atoms with Crippen molar-refractivity contribution in [1.82, 2.24) is 4.98 Å². The average Bonchev–Trinajstić information content (AvgIpc) is 2.45. The average molecular weight is 301 g/mol. The number of nitrogens with zero attached hydrogens (tertiary/aromatic N) is 1. The quantitative estimate of drug-likeness (QED) is 0.765. The van der Waals surface area contributed by atoms with Gasteiger partial charge in [-0.2, -0.15) is 0 Å². The Morgan fingerprint density at radius 2 is 1.82 bits per heavy atom. The van der Waals surface area contributed by atoms with Gasteiger partial charge in [0.05, 0.1) is 7.11 Å². The highest BCUT2D eigenvalue weighted by Gasteiger charge is 2.25. The molecule has 1 aromatic carbocycles. The molecule has 0 aliphatic rings. The van der Waals surface area contributed by atoms with E-state index in [9.17, 15) is 4.39 Å². The minimum Gasteiger partial charge on any atom is -0.481 e. The van der Waals surface area contributed by atoms with Crippen molar-refractivity contribution in [3.8, 4) is 17.0 Å². The van der Waals surface area contributed by atoms with E-state index in [-0.39, 0.29) is 17.2 Å². The van der Waals surface area contributed by atoms with Crippen molar-refractivity contribution in [3.05, 3.63) is 47.4 Å². The molecule has 0 unspecified atom stereocenters. The third-order valence-corrected chi connectivity index (χ3v) is 3.76. The second-order valence-electron chi connectivity index (χ2n) is 6.91. The van der Waals surface area contributed by atoms with Crippen LogP contribution in [0.15, 0.2) is 30.5 Å². The van der Waals surface area contributed by atoms with Crippen LogP contribution in [0.25, 0.3) is 11.1 Å². The molecule has 0 fully saturated rings. The Labute approximate surface area is 132 Å². The van der Waals surface area contributed by atoms with Crippen LogP contribution < -0.4 is 4.74 Å². The molecule has 2 rings (SSSR count). The summed E-state index contributed by atoms with van der Waals surface area (Å²) in [7, 11) is 1.59. The summed E-state index contributed by atoms with van der Waals surface area (Å²) in [5, 5.41) is 0. The first-order valence-electron chi connectivity index (χ1n) is 7.58. The van der Waals surface area contributed by atoms with Crippen molar-refractivity contribution in [2.75, 3.05) is 7.11 Å². The standard InChI is InChI=1S/C19H24FNO/c1-12(2)15-10-14(20)11-16(18(15)19(3,4)5)13-7-8-21-17(9-13)22-6/h7-12H,1-6H3. The Hall–Kier alpha value is -1.90. The first-order valence-corrected chi connectivity index (χ1v) is 7.58. The number of rotatable bonds is 3. The number of methoxy groups -OCH3 is 1. The third kappa shape index (κ3) is 3.29. The van der Waals surface area contributed by atoms with E-state index in [2.05, 4.69) is 39.6 Å². The molecule has 2 aromatic rings. The van der Waals surface area contributed by atoms with Gasteiger partial charge in [-0.15, -0.1) is 0 Å². The van der Waals surface area contributed by atoms with Gasteiger partial charge in [0.25, 0.3) is 0 Å². The summed E-state index contributed by atoms with van der Waals surface area (Å²) in [5.74, 6) is 0.586. The summed E-state index contributed by atoms with van der Waals surface area (Å²) in [6.07, 6.45) is 1.69. The van der Waals surface area contributed by atoms with E-state index in [4.69, 9.17) is 4.74 Å². The molecule has 0 amide bonds. The molecular weight excluding hydrogens is 277 g/mol. The Bertz CT molecular complexity index is 672. The molecule has 0 aliphatic heterocycles. The minimum atomic E-state index is -0.206. The van der Waals surface area contributed by atoms with Crippen LogP contribution in [-0.4, -0.2) is 12.1 Å². The molecule has 0 saturated carbocycles. The van der Waals surface area contributed by atoms with Gasteiger partial charge in [0.2, 0.25) is 5.88 Å². The molecule has 2 nitrogen and oxygen atoms in total. The highest BCUT2D eigenvalue weighted by molar-refractivity contribution is 5.71. The highest BCUT2D eigenvalue weighted by Crippen LogP contribution is 2.39. The Balaban J connectivity index is 2.78. The summed E-state index contributed by atoms with van der Waals surface area (Å²) in [6.45, 7) is 10.7. The highest BCUT2D eigenvalue weighted by atomic mass is 19.1. The lowest BCUT2D eigenvalue weighted by molar-refractivity contribution is 0.398. The SMILES string of the molecule is COc1cc(-c2cc(F)cc(C(C)C)c2C(C)(C)C)ccn1. The van der Waals surface area contributed by atoms with Crippen molar-refractivity contribution in [2.24, 2.45) is 0 Å². The summed E-state index contributed by atoms with van der Waals surface area (Å²) < 4.78 is 19.4. The zero-order chi connectivity index (χ0) is 16.5. The monoisotopic (exact) mass is 301 g/mol. The molecule has 0 atom stereocenters. The third-order valence-electron chi connectivity index (χ3n) is 3.76. The molecule has 0 spiro atoms. The van der Waals surface area contributed by atoms with Crippen LogP contribution in [-0.2, 0) is 5.41 Å². The van der Waals surface area contributed by atoms with Crippen LogP contribution in [0.3, 0.4) is 0 Å². The molecule has 22 heavy (non-hydrogen) atoms. The van der Waals surface area contributed by atoms with Gasteiger partial charge in [-0.25, -0.2) is 9.37 Å². The van der Waals surface area contributed by atoms with Gasteiger partial charge < -0.3 is 4.74 Å². The maximum atomic E-state index is 14.2. The Morgan fingerprint density at radius 3 is 2.36 bits per heavy atom. The summed E-state index contributed by atoms with van der Waals surface area (Å²) in [4.78, 5) is 4.14. The van der Waals surface area contributed by atoms with E-state index in [1.165, 1.54) is 5.56 Å². The number of hydrogen-bond acceptors (Lipinski definition) is 2. The molecule has 1 heterocycles. The lowest BCUT2D eigenvalue weighted by Crippen LogP contribution is -2.17. The van der Waals surface area contributed by atoms with E-state index in [0.717, 1.165) is 16.7 Å². The number of benzene rings is 1. The van der Waals surface area contributed by atoms with Crippen LogP contribution in [0.2, 0.25) is 0 Å². The second-order valence-corrected chi connectivity index (χ2v) is 6.91. The van der Waals surface area contributed by atoms with Crippen LogP contribution in [0.5, 0.6) is 5.88 Å². The van der Waals surface area contributed by atoms with Crippen molar-refractivity contribution in [2.45, 2.75) is 46.0 Å². The van der Waals surface area contributed by atoms with Gasteiger partial charge in [-0.3, -0.25) is 0 Å². The molecule has 1 aromatic heterocycles. The molecular formula is C19H24FNO. The molecule has 3 heteroatoms. The summed E-state index contributed by atoms with van der Waals surface area (Å²) in [5.41, 5.74) is 3.99. The van der Waals surface area contributed by atoms with Crippen LogP contribution in [0, 0.1) is 5.82 Å². The fourth-order valence-electron chi connectivity index (χ4n) is 2.84. The van der Waals surface area contributed by atoms with Gasteiger partial charge in [-0.1, -0.05) is 34.6 Å².